The van der Waals surface area contributed by atoms with Crippen molar-refractivity contribution in [3.8, 4) is 0 Å². The Hall–Kier alpha value is -1.02. The van der Waals surface area contributed by atoms with Crippen molar-refractivity contribution < 1.29 is 30.9 Å². The molecular weight excluding hydrogens is 273 g/mol. The molecule has 4 nitrogen and oxygen atoms in total. The third-order valence-electron chi connectivity index (χ3n) is 2.51. The Morgan fingerprint density at radius 3 is 2.61 bits per heavy atom. The first-order valence-corrected chi connectivity index (χ1v) is 6.59. The molecular formula is C10H13F3O4S. The van der Waals surface area contributed by atoms with Gasteiger partial charge in [-0.05, 0) is 25.3 Å². The molecule has 18 heavy (non-hydrogen) atoms. The smallest absolute Gasteiger partial charge is 0.389 e. The standard InChI is InChI=1S/C10H13F3O4S/c1-2-3-7-4-5-8(14)6-9(7)17-18(15,16)10(11,12)13/h2,6-8,14H,1,3-5H2/t7-,8-/m1/s1. The van der Waals surface area contributed by atoms with Gasteiger partial charge in [0, 0.05) is 5.92 Å². The lowest BCUT2D eigenvalue weighted by atomic mass is 9.90. The fraction of sp³-hybridized carbons (Fsp3) is 0.600. The van der Waals surface area contributed by atoms with Crippen molar-refractivity contribution in [3.63, 3.8) is 0 Å². The van der Waals surface area contributed by atoms with Gasteiger partial charge < -0.3 is 9.29 Å². The second kappa shape index (κ2) is 5.31. The summed E-state index contributed by atoms with van der Waals surface area (Å²) >= 11 is 0. The average Bonchev–Trinajstić information content (AvgIpc) is 2.20. The number of hydrogen-bond donors (Lipinski definition) is 1. The molecule has 1 rings (SSSR count). The van der Waals surface area contributed by atoms with Gasteiger partial charge in [-0.3, -0.25) is 0 Å². The van der Waals surface area contributed by atoms with E-state index in [1.54, 1.807) is 0 Å². The minimum absolute atomic E-state index is 0.284. The van der Waals surface area contributed by atoms with Gasteiger partial charge in [0.25, 0.3) is 0 Å². The summed E-state index contributed by atoms with van der Waals surface area (Å²) in [5.41, 5.74) is -5.48. The summed E-state index contributed by atoms with van der Waals surface area (Å²) in [5.74, 6) is -0.881. The molecule has 0 saturated carbocycles. The van der Waals surface area contributed by atoms with Crippen LogP contribution < -0.4 is 0 Å². The highest BCUT2D eigenvalue weighted by molar-refractivity contribution is 7.87. The van der Waals surface area contributed by atoms with Gasteiger partial charge >= 0.3 is 15.6 Å². The molecule has 0 amide bonds. The molecule has 0 heterocycles. The van der Waals surface area contributed by atoms with Crippen LogP contribution in [0.3, 0.4) is 0 Å². The molecule has 1 aliphatic carbocycles. The highest BCUT2D eigenvalue weighted by Crippen LogP contribution is 2.34. The summed E-state index contributed by atoms with van der Waals surface area (Å²) < 4.78 is 62.4. The molecule has 0 saturated heterocycles. The highest BCUT2D eigenvalue weighted by atomic mass is 32.2. The van der Waals surface area contributed by atoms with Crippen molar-refractivity contribution in [1.82, 2.24) is 0 Å². The zero-order chi connectivity index (χ0) is 14.0. The Morgan fingerprint density at radius 1 is 1.50 bits per heavy atom. The van der Waals surface area contributed by atoms with E-state index in [0.717, 1.165) is 6.08 Å². The first-order valence-electron chi connectivity index (χ1n) is 5.19. The first kappa shape index (κ1) is 15.0. The Kier molecular flexibility index (Phi) is 4.44. The van der Waals surface area contributed by atoms with E-state index in [-0.39, 0.29) is 12.2 Å². The van der Waals surface area contributed by atoms with Gasteiger partial charge in [0.2, 0.25) is 0 Å². The van der Waals surface area contributed by atoms with Crippen LogP contribution in [0.2, 0.25) is 0 Å². The van der Waals surface area contributed by atoms with Crippen molar-refractivity contribution in [2.24, 2.45) is 5.92 Å². The Labute approximate surface area is 103 Å². The van der Waals surface area contributed by atoms with Gasteiger partial charge in [-0.15, -0.1) is 6.58 Å². The number of aliphatic hydroxyl groups excluding tert-OH is 1. The van der Waals surface area contributed by atoms with E-state index in [9.17, 15) is 26.7 Å². The summed E-state index contributed by atoms with van der Waals surface area (Å²) in [6.45, 7) is 3.44. The van der Waals surface area contributed by atoms with Crippen molar-refractivity contribution in [2.45, 2.75) is 30.9 Å². The number of hydrogen-bond acceptors (Lipinski definition) is 4. The molecule has 0 aromatic rings. The number of halogens is 3. The van der Waals surface area contributed by atoms with Gasteiger partial charge in [-0.1, -0.05) is 6.08 Å². The molecule has 0 fully saturated rings. The fourth-order valence-electron chi connectivity index (χ4n) is 1.63. The van der Waals surface area contributed by atoms with E-state index in [0.29, 0.717) is 12.8 Å². The molecule has 8 heteroatoms. The second-order valence-electron chi connectivity index (χ2n) is 3.92. The third kappa shape index (κ3) is 3.49. The average molecular weight is 286 g/mol. The van der Waals surface area contributed by atoms with Gasteiger partial charge in [0.05, 0.1) is 6.10 Å². The topological polar surface area (TPSA) is 63.6 Å². The minimum atomic E-state index is -5.69. The number of alkyl halides is 3. The maximum absolute atomic E-state index is 12.2. The van der Waals surface area contributed by atoms with Gasteiger partial charge in [-0.2, -0.15) is 21.6 Å². The van der Waals surface area contributed by atoms with Gasteiger partial charge in [-0.25, -0.2) is 0 Å². The zero-order valence-corrected chi connectivity index (χ0v) is 10.2. The lowest BCUT2D eigenvalue weighted by molar-refractivity contribution is -0.0530. The molecule has 0 spiro atoms. The van der Waals surface area contributed by atoms with Crippen molar-refractivity contribution in [1.29, 1.82) is 0 Å². The molecule has 104 valence electrons. The monoisotopic (exact) mass is 286 g/mol. The maximum Gasteiger partial charge on any atom is 0.534 e. The molecule has 0 aromatic heterocycles. The van der Waals surface area contributed by atoms with E-state index < -0.39 is 27.6 Å². The Bertz CT molecular complexity index is 439. The van der Waals surface area contributed by atoms with Gasteiger partial charge in [0.1, 0.15) is 5.76 Å². The van der Waals surface area contributed by atoms with Crippen LogP contribution in [0.1, 0.15) is 19.3 Å². The number of aliphatic hydroxyl groups is 1. The van der Waals surface area contributed by atoms with E-state index in [2.05, 4.69) is 10.8 Å². The normalized spacial score (nSPS) is 25.4. The van der Waals surface area contributed by atoms with Crippen molar-refractivity contribution >= 4 is 10.1 Å². The van der Waals surface area contributed by atoms with Crippen LogP contribution >= 0.6 is 0 Å². The molecule has 0 aromatic carbocycles. The minimum Gasteiger partial charge on any atom is -0.389 e. The molecule has 0 bridgehead atoms. The fourth-order valence-corrected chi connectivity index (χ4v) is 2.17. The van der Waals surface area contributed by atoms with Crippen molar-refractivity contribution in [3.05, 3.63) is 24.5 Å². The van der Waals surface area contributed by atoms with Crippen LogP contribution in [0.4, 0.5) is 13.2 Å². The predicted octanol–water partition coefficient (Wildman–Crippen LogP) is 2.08. The second-order valence-corrected chi connectivity index (χ2v) is 5.46. The summed E-state index contributed by atoms with van der Waals surface area (Å²) in [4.78, 5) is 0. The molecule has 2 atom stereocenters. The Balaban J connectivity index is 2.95. The lowest BCUT2D eigenvalue weighted by Crippen LogP contribution is -2.28. The van der Waals surface area contributed by atoms with Crippen LogP contribution in [0.15, 0.2) is 24.5 Å². The maximum atomic E-state index is 12.2. The number of allylic oxidation sites excluding steroid dienone is 2. The van der Waals surface area contributed by atoms with Crippen LogP contribution in [0.25, 0.3) is 0 Å². The van der Waals surface area contributed by atoms with Crippen LogP contribution in [-0.4, -0.2) is 25.1 Å². The summed E-state index contributed by atoms with van der Waals surface area (Å²) in [5, 5.41) is 9.31. The molecule has 1 N–H and O–H groups in total. The summed E-state index contributed by atoms with van der Waals surface area (Å²) in [7, 11) is -5.69. The lowest BCUT2D eigenvalue weighted by Gasteiger charge is -2.25. The van der Waals surface area contributed by atoms with Crippen LogP contribution in [0, 0.1) is 5.92 Å². The summed E-state index contributed by atoms with van der Waals surface area (Å²) in [6, 6.07) is 0. The Morgan fingerprint density at radius 2 is 2.11 bits per heavy atom. The molecule has 0 unspecified atom stereocenters. The van der Waals surface area contributed by atoms with E-state index >= 15 is 0 Å². The van der Waals surface area contributed by atoms with Crippen LogP contribution in [-0.2, 0) is 14.3 Å². The molecule has 1 aliphatic rings. The van der Waals surface area contributed by atoms with E-state index in [1.807, 2.05) is 0 Å². The highest BCUT2D eigenvalue weighted by Gasteiger charge is 2.49. The predicted molar refractivity (Wildman–Crippen MR) is 57.7 cm³/mol. The van der Waals surface area contributed by atoms with E-state index in [4.69, 9.17) is 0 Å². The number of rotatable bonds is 4. The van der Waals surface area contributed by atoms with Crippen molar-refractivity contribution in [2.75, 3.05) is 0 Å². The largest absolute Gasteiger partial charge is 0.534 e. The quantitative estimate of drug-likeness (QED) is 0.488. The SMILES string of the molecule is C=CC[C@@H]1CC[C@@H](O)C=C1OS(=O)(=O)C(F)(F)F. The summed E-state index contributed by atoms with van der Waals surface area (Å²) in [6.07, 6.45) is 2.43. The molecule has 0 aliphatic heterocycles. The van der Waals surface area contributed by atoms with E-state index in [1.165, 1.54) is 6.08 Å². The van der Waals surface area contributed by atoms with Gasteiger partial charge in [0.15, 0.2) is 0 Å². The first-order chi connectivity index (χ1) is 8.17. The third-order valence-corrected chi connectivity index (χ3v) is 3.49. The molecule has 0 radical (unpaired) electrons. The van der Waals surface area contributed by atoms with Crippen LogP contribution in [0.5, 0.6) is 0 Å². The zero-order valence-electron chi connectivity index (χ0n) is 9.35.